The maximum Gasteiger partial charge on any atom is 0.285 e. The second kappa shape index (κ2) is 6.22. The van der Waals surface area contributed by atoms with Gasteiger partial charge in [-0.15, -0.1) is 0 Å². The lowest BCUT2D eigenvalue weighted by Crippen LogP contribution is -2.46. The Morgan fingerprint density at radius 2 is 2.05 bits per heavy atom. The molecule has 2 unspecified atom stereocenters. The third-order valence-electron chi connectivity index (χ3n) is 4.16. The van der Waals surface area contributed by atoms with Crippen molar-refractivity contribution in [2.24, 2.45) is 0 Å². The van der Waals surface area contributed by atoms with Crippen molar-refractivity contribution in [3.63, 3.8) is 0 Å². The molecule has 6 nitrogen and oxygen atoms in total. The van der Waals surface area contributed by atoms with Gasteiger partial charge in [0.15, 0.2) is 0 Å². The highest BCUT2D eigenvalue weighted by molar-refractivity contribution is 5.98. The third kappa shape index (κ3) is 3.05. The van der Waals surface area contributed by atoms with Crippen LogP contribution in [0.15, 0.2) is 18.2 Å². The first-order chi connectivity index (χ1) is 9.93. The number of aryl methyl sites for hydroxylation is 1. The first kappa shape index (κ1) is 15.4. The van der Waals surface area contributed by atoms with Crippen LogP contribution >= 0.6 is 0 Å². The molecule has 0 spiro atoms. The number of rotatable bonds is 3. The van der Waals surface area contributed by atoms with Crippen LogP contribution in [0.1, 0.15) is 41.6 Å². The van der Waals surface area contributed by atoms with Crippen molar-refractivity contribution in [3.8, 4) is 0 Å². The van der Waals surface area contributed by atoms with E-state index in [4.69, 9.17) is 0 Å². The molecule has 2 atom stereocenters. The molecule has 1 aliphatic rings. The van der Waals surface area contributed by atoms with E-state index in [1.807, 2.05) is 0 Å². The molecule has 1 amide bonds. The first-order valence-electron chi connectivity index (χ1n) is 7.12. The van der Waals surface area contributed by atoms with Crippen LogP contribution in [0.25, 0.3) is 0 Å². The average molecular weight is 292 g/mol. The molecule has 0 aliphatic heterocycles. The minimum atomic E-state index is -0.559. The Hall–Kier alpha value is -1.95. The van der Waals surface area contributed by atoms with Crippen LogP contribution in [0, 0.1) is 17.0 Å². The van der Waals surface area contributed by atoms with E-state index in [0.717, 1.165) is 19.3 Å². The molecule has 114 valence electrons. The summed E-state index contributed by atoms with van der Waals surface area (Å²) < 4.78 is 0. The van der Waals surface area contributed by atoms with Crippen molar-refractivity contribution in [3.05, 3.63) is 39.4 Å². The Kier molecular flexibility index (Phi) is 4.57. The normalized spacial score (nSPS) is 21.9. The number of carbonyl (C=O) groups is 1. The Morgan fingerprint density at radius 3 is 2.67 bits per heavy atom. The summed E-state index contributed by atoms with van der Waals surface area (Å²) in [5.41, 5.74) is 0.392. The van der Waals surface area contributed by atoms with Gasteiger partial charge in [-0.1, -0.05) is 25.0 Å². The minimum Gasteiger partial charge on any atom is -0.391 e. The van der Waals surface area contributed by atoms with Gasteiger partial charge in [-0.05, 0) is 25.8 Å². The van der Waals surface area contributed by atoms with E-state index in [2.05, 4.69) is 0 Å². The molecular weight excluding hydrogens is 272 g/mol. The Morgan fingerprint density at radius 1 is 1.38 bits per heavy atom. The number of carbonyl (C=O) groups excluding carboxylic acids is 1. The SMILES string of the molecule is Cc1cccc(C(=O)N(C)C2CCCCC2O)c1[N+](=O)[O-]. The first-order valence-corrected chi connectivity index (χ1v) is 7.12. The number of nitrogens with zero attached hydrogens (tertiary/aromatic N) is 2. The number of likely N-dealkylation sites (N-methyl/N-ethyl adjacent to an activating group) is 1. The number of nitro groups is 1. The van der Waals surface area contributed by atoms with Crippen molar-refractivity contribution in [1.82, 2.24) is 4.90 Å². The molecule has 6 heteroatoms. The van der Waals surface area contributed by atoms with E-state index in [-0.39, 0.29) is 17.3 Å². The number of para-hydroxylation sites is 1. The Labute approximate surface area is 123 Å². The van der Waals surface area contributed by atoms with E-state index >= 15 is 0 Å². The Bertz CT molecular complexity index is 559. The number of aliphatic hydroxyl groups excluding tert-OH is 1. The second-order valence-corrected chi connectivity index (χ2v) is 5.56. The standard InChI is InChI=1S/C15H20N2O4/c1-10-6-5-7-11(14(10)17(20)21)15(19)16(2)12-8-3-4-9-13(12)18/h5-7,12-13,18H,3-4,8-9H2,1-2H3. The molecule has 2 rings (SSSR count). The van der Waals surface area contributed by atoms with E-state index in [0.29, 0.717) is 12.0 Å². The van der Waals surface area contributed by atoms with Crippen LogP contribution in [0.5, 0.6) is 0 Å². The number of aliphatic hydroxyl groups is 1. The van der Waals surface area contributed by atoms with Gasteiger partial charge in [-0.3, -0.25) is 14.9 Å². The van der Waals surface area contributed by atoms with Gasteiger partial charge in [-0.25, -0.2) is 0 Å². The molecule has 0 aromatic heterocycles. The molecule has 0 bridgehead atoms. The van der Waals surface area contributed by atoms with E-state index < -0.39 is 16.9 Å². The van der Waals surface area contributed by atoms with Crippen molar-refractivity contribution in [2.45, 2.75) is 44.8 Å². The topological polar surface area (TPSA) is 83.7 Å². The number of nitro benzene ring substituents is 1. The maximum absolute atomic E-state index is 12.6. The van der Waals surface area contributed by atoms with Crippen molar-refractivity contribution in [2.75, 3.05) is 7.05 Å². The third-order valence-corrected chi connectivity index (χ3v) is 4.16. The summed E-state index contributed by atoms with van der Waals surface area (Å²) in [6, 6.07) is 4.45. The largest absolute Gasteiger partial charge is 0.391 e. The molecule has 0 radical (unpaired) electrons. The highest BCUT2D eigenvalue weighted by atomic mass is 16.6. The quantitative estimate of drug-likeness (QED) is 0.684. The van der Waals surface area contributed by atoms with E-state index in [1.165, 1.54) is 11.0 Å². The lowest BCUT2D eigenvalue weighted by Gasteiger charge is -2.35. The number of benzene rings is 1. The predicted octanol–water partition coefficient (Wildman–Crippen LogP) is 2.28. The van der Waals surface area contributed by atoms with Crippen LogP contribution < -0.4 is 0 Å². The zero-order valence-electron chi connectivity index (χ0n) is 12.3. The number of hydrogen-bond acceptors (Lipinski definition) is 4. The van der Waals surface area contributed by atoms with E-state index in [1.54, 1.807) is 26.1 Å². The molecule has 0 heterocycles. The molecule has 1 saturated carbocycles. The van der Waals surface area contributed by atoms with Crippen molar-refractivity contribution < 1.29 is 14.8 Å². The fourth-order valence-electron chi connectivity index (χ4n) is 2.96. The van der Waals surface area contributed by atoms with Gasteiger partial charge in [0.2, 0.25) is 0 Å². The van der Waals surface area contributed by atoms with E-state index in [9.17, 15) is 20.0 Å². The lowest BCUT2D eigenvalue weighted by molar-refractivity contribution is -0.385. The second-order valence-electron chi connectivity index (χ2n) is 5.56. The van der Waals surface area contributed by atoms with Gasteiger partial charge in [-0.2, -0.15) is 0 Å². The molecule has 21 heavy (non-hydrogen) atoms. The van der Waals surface area contributed by atoms with Gasteiger partial charge < -0.3 is 10.0 Å². The summed E-state index contributed by atoms with van der Waals surface area (Å²) in [4.78, 5) is 24.7. The Balaban J connectivity index is 2.31. The number of amides is 1. The lowest BCUT2D eigenvalue weighted by atomic mass is 9.91. The van der Waals surface area contributed by atoms with Crippen LogP contribution in [0.4, 0.5) is 5.69 Å². The van der Waals surface area contributed by atoms with Gasteiger partial charge in [0, 0.05) is 12.6 Å². The fraction of sp³-hybridized carbons (Fsp3) is 0.533. The fourth-order valence-corrected chi connectivity index (χ4v) is 2.96. The van der Waals surface area contributed by atoms with Gasteiger partial charge in [0.25, 0.3) is 11.6 Å². The van der Waals surface area contributed by atoms with Gasteiger partial charge in [0.05, 0.1) is 17.1 Å². The number of hydrogen-bond donors (Lipinski definition) is 1. The summed E-state index contributed by atoms with van der Waals surface area (Å²) in [6.45, 7) is 1.62. The maximum atomic E-state index is 12.6. The van der Waals surface area contributed by atoms with Crippen LogP contribution in [0.2, 0.25) is 0 Å². The van der Waals surface area contributed by atoms with Crippen molar-refractivity contribution in [1.29, 1.82) is 0 Å². The average Bonchev–Trinajstić information content (AvgIpc) is 2.45. The van der Waals surface area contributed by atoms with Crippen LogP contribution in [-0.4, -0.2) is 40.0 Å². The zero-order valence-corrected chi connectivity index (χ0v) is 12.3. The molecule has 1 aromatic carbocycles. The highest BCUT2D eigenvalue weighted by Crippen LogP contribution is 2.28. The summed E-state index contributed by atoms with van der Waals surface area (Å²) in [6.07, 6.45) is 2.73. The summed E-state index contributed by atoms with van der Waals surface area (Å²) >= 11 is 0. The monoisotopic (exact) mass is 292 g/mol. The zero-order chi connectivity index (χ0) is 15.6. The van der Waals surface area contributed by atoms with Gasteiger partial charge >= 0.3 is 0 Å². The minimum absolute atomic E-state index is 0.0836. The van der Waals surface area contributed by atoms with Crippen molar-refractivity contribution >= 4 is 11.6 Å². The summed E-state index contributed by atoms with van der Waals surface area (Å²) in [5, 5.41) is 21.2. The smallest absolute Gasteiger partial charge is 0.285 e. The summed E-state index contributed by atoms with van der Waals surface area (Å²) in [7, 11) is 1.60. The molecule has 1 N–H and O–H groups in total. The molecule has 1 fully saturated rings. The van der Waals surface area contributed by atoms with Gasteiger partial charge in [0.1, 0.15) is 5.56 Å². The summed E-state index contributed by atoms with van der Waals surface area (Å²) in [5.74, 6) is -0.406. The molecule has 1 aromatic rings. The van der Waals surface area contributed by atoms with Crippen LogP contribution in [-0.2, 0) is 0 Å². The van der Waals surface area contributed by atoms with Crippen LogP contribution in [0.3, 0.4) is 0 Å². The molecule has 1 aliphatic carbocycles. The molecular formula is C15H20N2O4. The highest BCUT2D eigenvalue weighted by Gasteiger charge is 2.32. The predicted molar refractivity (Wildman–Crippen MR) is 78.2 cm³/mol. The molecule has 0 saturated heterocycles.